The molecule has 10 heteroatoms. The number of nitrogens with zero attached hydrogens (tertiary/aromatic N) is 6. The molecule has 0 radical (unpaired) electrons. The van der Waals surface area contributed by atoms with Crippen molar-refractivity contribution in [2.45, 2.75) is 32.7 Å². The Balaban J connectivity index is 1.28. The first kappa shape index (κ1) is 25.7. The Bertz CT molecular complexity index is 1680. The molecule has 1 aromatic carbocycles. The highest BCUT2D eigenvalue weighted by Crippen LogP contribution is 2.31. The molecule has 204 valence electrons. The molecule has 1 atom stereocenters. The predicted octanol–water partition coefficient (Wildman–Crippen LogP) is 4.17. The number of carbonyl (C=O) groups excluding carboxylic acids is 2. The van der Waals surface area contributed by atoms with Crippen LogP contribution in [0.1, 0.15) is 47.1 Å². The predicted molar refractivity (Wildman–Crippen MR) is 147 cm³/mol. The maximum atomic E-state index is 15.3. The second kappa shape index (κ2) is 10.2. The van der Waals surface area contributed by atoms with Crippen LogP contribution in [0.5, 0.6) is 0 Å². The second-order valence-electron chi connectivity index (χ2n) is 10.0. The minimum absolute atomic E-state index is 0.0634. The molecule has 2 aliphatic rings. The zero-order valence-corrected chi connectivity index (χ0v) is 22.6. The Morgan fingerprint density at radius 1 is 1.20 bits per heavy atom. The fourth-order valence-corrected chi connectivity index (χ4v) is 5.52. The number of carbonyl (C=O) groups is 2. The van der Waals surface area contributed by atoms with Crippen LogP contribution in [-0.2, 0) is 22.4 Å². The molecule has 9 nitrogen and oxygen atoms in total. The van der Waals surface area contributed by atoms with Crippen LogP contribution in [0.3, 0.4) is 0 Å². The number of esters is 1. The largest absolute Gasteiger partial charge is 0.466 e. The smallest absolute Gasteiger partial charge is 0.335 e. The van der Waals surface area contributed by atoms with Gasteiger partial charge < -0.3 is 14.5 Å². The Morgan fingerprint density at radius 2 is 2.02 bits per heavy atom. The summed E-state index contributed by atoms with van der Waals surface area (Å²) < 4.78 is 21.7. The van der Waals surface area contributed by atoms with Crippen molar-refractivity contribution < 1.29 is 18.7 Å². The summed E-state index contributed by atoms with van der Waals surface area (Å²) in [6.45, 7) is 5.38. The maximum Gasteiger partial charge on any atom is 0.335 e. The van der Waals surface area contributed by atoms with Crippen LogP contribution in [0.25, 0.3) is 16.9 Å². The van der Waals surface area contributed by atoms with Gasteiger partial charge in [0.2, 0.25) is 0 Å². The molecular weight excluding hydrogens is 511 g/mol. The van der Waals surface area contributed by atoms with Gasteiger partial charge in [0, 0.05) is 25.4 Å². The molecule has 0 N–H and O–H groups in total. The Morgan fingerprint density at radius 3 is 2.80 bits per heavy atom. The number of hydrogen-bond donors (Lipinski definition) is 0. The highest BCUT2D eigenvalue weighted by molar-refractivity contribution is 5.93. The SMILES string of the molecule is CCc1cc(C(=O)N2CCc3ccccc3[C@H]2C)nn2cc(-c3cnc(N4CC=C(C(=O)OC)C4)cc3F)nc12. The number of aromatic nitrogens is 4. The average Bonchev–Trinajstić information content (AvgIpc) is 3.64. The van der Waals surface area contributed by atoms with Gasteiger partial charge in [-0.15, -0.1) is 0 Å². The van der Waals surface area contributed by atoms with Crippen LogP contribution >= 0.6 is 0 Å². The first-order valence-corrected chi connectivity index (χ1v) is 13.3. The standard InChI is InChI=1S/C30H29FN6O3/c1-4-19-13-25(29(38)36-12-10-20-7-5-6-8-22(20)18(36)2)34-37-17-26(33-28(19)37)23-15-32-27(14-24(23)31)35-11-9-21(16-35)30(39)40-3/h5-9,13-15,17-18H,4,10-12,16H2,1-3H3/t18-/m1/s1. The molecule has 1 amide bonds. The van der Waals surface area contributed by atoms with E-state index in [1.807, 2.05) is 30.9 Å². The normalized spacial score (nSPS) is 16.7. The lowest BCUT2D eigenvalue weighted by Crippen LogP contribution is -2.39. The van der Waals surface area contributed by atoms with E-state index < -0.39 is 11.8 Å². The van der Waals surface area contributed by atoms with Crippen molar-refractivity contribution in [2.24, 2.45) is 0 Å². The number of benzene rings is 1. The summed E-state index contributed by atoms with van der Waals surface area (Å²) in [6.07, 6.45) is 6.25. The summed E-state index contributed by atoms with van der Waals surface area (Å²) in [5.41, 5.74) is 5.28. The van der Waals surface area contributed by atoms with E-state index >= 15 is 4.39 Å². The molecule has 6 rings (SSSR count). The lowest BCUT2D eigenvalue weighted by molar-refractivity contribution is -0.136. The monoisotopic (exact) mass is 540 g/mol. The molecule has 5 heterocycles. The van der Waals surface area contributed by atoms with Gasteiger partial charge in [-0.2, -0.15) is 5.10 Å². The van der Waals surface area contributed by atoms with E-state index in [1.54, 1.807) is 27.8 Å². The Kier molecular flexibility index (Phi) is 6.53. The number of anilines is 1. The number of amides is 1. The molecule has 0 fully saturated rings. The molecule has 0 spiro atoms. The van der Waals surface area contributed by atoms with Crippen LogP contribution in [0.15, 0.2) is 60.4 Å². The number of hydrogen-bond acceptors (Lipinski definition) is 7. The molecule has 0 bridgehead atoms. The van der Waals surface area contributed by atoms with E-state index in [9.17, 15) is 9.59 Å². The average molecular weight is 541 g/mol. The van der Waals surface area contributed by atoms with Crippen molar-refractivity contribution in [1.82, 2.24) is 24.5 Å². The van der Waals surface area contributed by atoms with Gasteiger partial charge in [0.15, 0.2) is 5.65 Å². The van der Waals surface area contributed by atoms with Gasteiger partial charge in [0.05, 0.1) is 42.7 Å². The van der Waals surface area contributed by atoms with Gasteiger partial charge in [-0.25, -0.2) is 23.7 Å². The highest BCUT2D eigenvalue weighted by atomic mass is 19.1. The van der Waals surface area contributed by atoms with Crippen molar-refractivity contribution in [1.29, 1.82) is 0 Å². The number of rotatable bonds is 5. The number of imidazole rings is 1. The summed E-state index contributed by atoms with van der Waals surface area (Å²) in [7, 11) is 1.33. The quantitative estimate of drug-likeness (QED) is 0.351. The molecular formula is C30H29FN6O3. The third-order valence-corrected chi connectivity index (χ3v) is 7.76. The fourth-order valence-electron chi connectivity index (χ4n) is 5.52. The molecule has 0 unspecified atom stereocenters. The van der Waals surface area contributed by atoms with Crippen molar-refractivity contribution in [3.63, 3.8) is 0 Å². The first-order chi connectivity index (χ1) is 19.4. The highest BCUT2D eigenvalue weighted by Gasteiger charge is 2.30. The molecule has 40 heavy (non-hydrogen) atoms. The number of methoxy groups -OCH3 is 1. The van der Waals surface area contributed by atoms with Crippen molar-refractivity contribution >= 4 is 23.3 Å². The Hall–Kier alpha value is -4.60. The van der Waals surface area contributed by atoms with Gasteiger partial charge in [-0.3, -0.25) is 4.79 Å². The lowest BCUT2D eigenvalue weighted by Gasteiger charge is -2.35. The van der Waals surface area contributed by atoms with Crippen molar-refractivity contribution in [2.75, 3.05) is 31.6 Å². The first-order valence-electron chi connectivity index (χ1n) is 13.3. The molecule has 2 aliphatic heterocycles. The fraction of sp³-hybridized carbons (Fsp3) is 0.300. The van der Waals surface area contributed by atoms with Crippen LogP contribution in [0.2, 0.25) is 0 Å². The van der Waals surface area contributed by atoms with Crippen molar-refractivity contribution in [3.8, 4) is 11.3 Å². The van der Waals surface area contributed by atoms with Crippen LogP contribution in [0.4, 0.5) is 10.2 Å². The van der Waals surface area contributed by atoms with E-state index in [2.05, 4.69) is 27.2 Å². The summed E-state index contributed by atoms with van der Waals surface area (Å²) in [5, 5.41) is 4.60. The molecule has 3 aromatic heterocycles. The zero-order valence-electron chi connectivity index (χ0n) is 22.6. The maximum absolute atomic E-state index is 15.3. The Labute approximate surface area is 230 Å². The van der Waals surface area contributed by atoms with E-state index in [1.165, 1.54) is 24.9 Å². The summed E-state index contributed by atoms with van der Waals surface area (Å²) >= 11 is 0. The van der Waals surface area contributed by atoms with E-state index in [4.69, 9.17) is 4.74 Å². The minimum Gasteiger partial charge on any atom is -0.466 e. The zero-order chi connectivity index (χ0) is 28.0. The van der Waals surface area contributed by atoms with E-state index in [0.717, 1.165) is 17.5 Å². The van der Waals surface area contributed by atoms with Gasteiger partial charge in [-0.05, 0) is 42.5 Å². The van der Waals surface area contributed by atoms with Gasteiger partial charge in [-0.1, -0.05) is 37.3 Å². The molecule has 0 saturated heterocycles. The van der Waals surface area contributed by atoms with Crippen LogP contribution in [-0.4, -0.2) is 63.1 Å². The molecule has 4 aromatic rings. The third kappa shape index (κ3) is 4.39. The molecule has 0 aliphatic carbocycles. The van der Waals surface area contributed by atoms with Gasteiger partial charge in [0.1, 0.15) is 17.3 Å². The minimum atomic E-state index is -0.491. The second-order valence-corrected chi connectivity index (χ2v) is 10.0. The molecule has 0 saturated carbocycles. The van der Waals surface area contributed by atoms with E-state index in [0.29, 0.717) is 54.5 Å². The van der Waals surface area contributed by atoms with Crippen LogP contribution < -0.4 is 4.90 Å². The summed E-state index contributed by atoms with van der Waals surface area (Å²) in [6, 6.07) is 11.3. The number of halogens is 1. The topological polar surface area (TPSA) is 92.9 Å². The summed E-state index contributed by atoms with van der Waals surface area (Å²) in [4.78, 5) is 38.2. The van der Waals surface area contributed by atoms with Gasteiger partial charge in [0.25, 0.3) is 5.91 Å². The number of fused-ring (bicyclic) bond motifs is 2. The van der Waals surface area contributed by atoms with Crippen LogP contribution in [0, 0.1) is 5.82 Å². The van der Waals surface area contributed by atoms with Crippen molar-refractivity contribution in [3.05, 3.63) is 88.6 Å². The number of aryl methyl sites for hydroxylation is 1. The van der Waals surface area contributed by atoms with E-state index in [-0.39, 0.29) is 17.5 Å². The number of ether oxygens (including phenoxy) is 1. The summed E-state index contributed by atoms with van der Waals surface area (Å²) in [5.74, 6) is -0.620. The van der Waals surface area contributed by atoms with Gasteiger partial charge >= 0.3 is 5.97 Å². The lowest BCUT2D eigenvalue weighted by atomic mass is 9.93. The third-order valence-electron chi connectivity index (χ3n) is 7.76. The number of pyridine rings is 1.